The molecule has 3 aromatic carbocycles. The quantitative estimate of drug-likeness (QED) is 0.497. The Morgan fingerprint density at radius 3 is 2.10 bits per heavy atom. The molecule has 31 heavy (non-hydrogen) atoms. The minimum atomic E-state index is -0.782. The predicted octanol–water partition coefficient (Wildman–Crippen LogP) is 5.79. The van der Waals surface area contributed by atoms with Crippen molar-refractivity contribution in [2.75, 3.05) is 10.6 Å². The Kier molecular flexibility index (Phi) is 6.98. The van der Waals surface area contributed by atoms with Crippen molar-refractivity contribution >= 4 is 34.8 Å². The van der Waals surface area contributed by atoms with E-state index in [0.717, 1.165) is 11.1 Å². The smallest absolute Gasteiger partial charge is 0.314 e. The molecule has 6 heteroatoms. The molecule has 0 fully saturated rings. The first-order valence-electron chi connectivity index (χ1n) is 9.91. The Morgan fingerprint density at radius 2 is 1.48 bits per heavy atom. The highest BCUT2D eigenvalue weighted by atomic mass is 35.5. The molecule has 0 aliphatic heterocycles. The summed E-state index contributed by atoms with van der Waals surface area (Å²) in [5.74, 6) is -1.05. The molecule has 0 bridgehead atoms. The highest BCUT2D eigenvalue weighted by molar-refractivity contribution is 6.43. The average molecular weight is 437 g/mol. The van der Waals surface area contributed by atoms with Crippen LogP contribution in [0.4, 0.5) is 11.4 Å². The highest BCUT2D eigenvalue weighted by Crippen LogP contribution is 2.28. The number of halogens is 1. The number of ether oxygens (including phenoxy) is 1. The summed E-state index contributed by atoms with van der Waals surface area (Å²) in [6, 6.07) is 22.0. The number of amides is 2. The maximum atomic E-state index is 12.3. The van der Waals surface area contributed by atoms with E-state index in [1.807, 2.05) is 48.5 Å². The van der Waals surface area contributed by atoms with E-state index in [1.165, 1.54) is 0 Å². The maximum Gasteiger partial charge on any atom is 0.314 e. The molecule has 0 spiro atoms. The number of carbonyl (C=O) groups excluding carboxylic acids is 2. The molecule has 0 aromatic heterocycles. The molecule has 2 N–H and O–H groups in total. The monoisotopic (exact) mass is 436 g/mol. The van der Waals surface area contributed by atoms with Crippen molar-refractivity contribution in [3.05, 3.63) is 88.9 Å². The third-order valence-corrected chi connectivity index (χ3v) is 4.91. The first-order chi connectivity index (χ1) is 14.7. The van der Waals surface area contributed by atoms with Crippen LogP contribution in [0.1, 0.15) is 31.9 Å². The van der Waals surface area contributed by atoms with E-state index in [1.54, 1.807) is 24.3 Å². The molecule has 0 atom stereocenters. The van der Waals surface area contributed by atoms with Crippen LogP contribution in [0, 0.1) is 0 Å². The van der Waals surface area contributed by atoms with Crippen LogP contribution in [0.15, 0.2) is 72.8 Å². The second-order valence-electron chi connectivity index (χ2n) is 8.16. The van der Waals surface area contributed by atoms with E-state index in [2.05, 4.69) is 31.4 Å². The van der Waals surface area contributed by atoms with E-state index in [0.29, 0.717) is 28.8 Å². The molecule has 3 rings (SSSR count). The van der Waals surface area contributed by atoms with Gasteiger partial charge in [-0.05, 0) is 46.9 Å². The Bertz CT molecular complexity index is 1080. The summed E-state index contributed by atoms with van der Waals surface area (Å²) in [4.78, 5) is 24.6. The van der Waals surface area contributed by atoms with Crippen LogP contribution in [0.5, 0.6) is 5.75 Å². The summed E-state index contributed by atoms with van der Waals surface area (Å²) in [6.07, 6.45) is 0. The van der Waals surface area contributed by atoms with Crippen molar-refractivity contribution in [2.45, 2.75) is 32.8 Å². The van der Waals surface area contributed by atoms with Gasteiger partial charge in [0.15, 0.2) is 0 Å². The van der Waals surface area contributed by atoms with E-state index < -0.39 is 11.8 Å². The van der Waals surface area contributed by atoms with Gasteiger partial charge in [-0.1, -0.05) is 74.8 Å². The molecule has 0 aliphatic rings. The Balaban J connectivity index is 1.59. The summed E-state index contributed by atoms with van der Waals surface area (Å²) in [5.41, 5.74) is 2.98. The standard InChI is InChI=1S/C25H25ClN2O3/c1-25(2,3)18-10-7-11-19(14-18)27-23(29)24(30)28-20-12-13-22(21(26)15-20)31-16-17-8-5-4-6-9-17/h4-15H,16H2,1-3H3,(H,27,29)(H,28,30). The number of hydrogen-bond acceptors (Lipinski definition) is 3. The predicted molar refractivity (Wildman–Crippen MR) is 125 cm³/mol. The molecule has 0 unspecified atom stereocenters. The zero-order valence-corrected chi connectivity index (χ0v) is 18.5. The molecule has 3 aromatic rings. The van der Waals surface area contributed by atoms with Gasteiger partial charge in [0.1, 0.15) is 12.4 Å². The Hall–Kier alpha value is -3.31. The van der Waals surface area contributed by atoms with Gasteiger partial charge in [0.05, 0.1) is 5.02 Å². The Labute approximate surface area is 187 Å². The summed E-state index contributed by atoms with van der Waals surface area (Å²) >= 11 is 6.27. The lowest BCUT2D eigenvalue weighted by atomic mass is 9.87. The zero-order valence-electron chi connectivity index (χ0n) is 17.7. The molecular formula is C25H25ClN2O3. The van der Waals surface area contributed by atoms with Gasteiger partial charge in [0.2, 0.25) is 0 Å². The maximum absolute atomic E-state index is 12.3. The minimum absolute atomic E-state index is 0.0654. The van der Waals surface area contributed by atoms with Gasteiger partial charge in [-0.3, -0.25) is 9.59 Å². The van der Waals surface area contributed by atoms with Gasteiger partial charge in [-0.25, -0.2) is 0 Å². The SMILES string of the molecule is CC(C)(C)c1cccc(NC(=O)C(=O)Nc2ccc(OCc3ccccc3)c(Cl)c2)c1. The molecule has 2 amide bonds. The number of anilines is 2. The topological polar surface area (TPSA) is 67.4 Å². The van der Waals surface area contributed by atoms with Crippen molar-refractivity contribution in [1.29, 1.82) is 0 Å². The molecular weight excluding hydrogens is 412 g/mol. The van der Waals surface area contributed by atoms with E-state index >= 15 is 0 Å². The normalized spacial score (nSPS) is 11.0. The van der Waals surface area contributed by atoms with Crippen LogP contribution >= 0.6 is 11.6 Å². The lowest BCUT2D eigenvalue weighted by Crippen LogP contribution is -2.29. The summed E-state index contributed by atoms with van der Waals surface area (Å²) in [7, 11) is 0. The fourth-order valence-electron chi connectivity index (χ4n) is 2.87. The van der Waals surface area contributed by atoms with E-state index in [4.69, 9.17) is 16.3 Å². The highest BCUT2D eigenvalue weighted by Gasteiger charge is 2.17. The summed E-state index contributed by atoms with van der Waals surface area (Å²) in [6.45, 7) is 6.62. The van der Waals surface area contributed by atoms with Crippen molar-refractivity contribution in [3.63, 3.8) is 0 Å². The summed E-state index contributed by atoms with van der Waals surface area (Å²) in [5, 5.41) is 5.53. The van der Waals surface area contributed by atoms with Crippen LogP contribution in [0.3, 0.4) is 0 Å². The molecule has 160 valence electrons. The third kappa shape index (κ3) is 6.33. The molecule has 0 aliphatic carbocycles. The van der Waals surface area contributed by atoms with Crippen molar-refractivity contribution in [2.24, 2.45) is 0 Å². The fourth-order valence-corrected chi connectivity index (χ4v) is 3.11. The minimum Gasteiger partial charge on any atom is -0.487 e. The number of benzene rings is 3. The molecule has 0 saturated heterocycles. The number of nitrogens with one attached hydrogen (secondary N) is 2. The van der Waals surface area contributed by atoms with E-state index in [9.17, 15) is 9.59 Å². The first kappa shape index (κ1) is 22.4. The first-order valence-corrected chi connectivity index (χ1v) is 10.3. The molecule has 0 heterocycles. The number of carbonyl (C=O) groups is 2. The average Bonchev–Trinajstić information content (AvgIpc) is 2.73. The van der Waals surface area contributed by atoms with Gasteiger partial charge in [-0.15, -0.1) is 0 Å². The molecule has 0 radical (unpaired) electrons. The van der Waals surface area contributed by atoms with Gasteiger partial charge in [-0.2, -0.15) is 0 Å². The zero-order chi connectivity index (χ0) is 22.4. The Morgan fingerprint density at radius 1 is 0.839 bits per heavy atom. The van der Waals surface area contributed by atoms with Crippen molar-refractivity contribution in [1.82, 2.24) is 0 Å². The van der Waals surface area contributed by atoms with E-state index in [-0.39, 0.29) is 5.41 Å². The fraction of sp³-hybridized carbons (Fsp3) is 0.200. The van der Waals surface area contributed by atoms with Crippen LogP contribution in [0.2, 0.25) is 5.02 Å². The van der Waals surface area contributed by atoms with Gasteiger partial charge >= 0.3 is 11.8 Å². The largest absolute Gasteiger partial charge is 0.487 e. The van der Waals surface area contributed by atoms with Crippen LogP contribution in [0.25, 0.3) is 0 Å². The van der Waals surface area contributed by atoms with Crippen molar-refractivity contribution < 1.29 is 14.3 Å². The summed E-state index contributed by atoms with van der Waals surface area (Å²) < 4.78 is 5.72. The second kappa shape index (κ2) is 9.67. The second-order valence-corrected chi connectivity index (χ2v) is 8.57. The van der Waals surface area contributed by atoms with Crippen molar-refractivity contribution in [3.8, 4) is 5.75 Å². The number of rotatable bonds is 5. The van der Waals surface area contributed by atoms with Crippen LogP contribution < -0.4 is 15.4 Å². The molecule has 5 nitrogen and oxygen atoms in total. The van der Waals surface area contributed by atoms with Crippen LogP contribution in [-0.2, 0) is 21.6 Å². The third-order valence-electron chi connectivity index (χ3n) is 4.62. The molecule has 0 saturated carbocycles. The van der Waals surface area contributed by atoms with Crippen LogP contribution in [-0.4, -0.2) is 11.8 Å². The lowest BCUT2D eigenvalue weighted by Gasteiger charge is -2.19. The van der Waals surface area contributed by atoms with Gasteiger partial charge < -0.3 is 15.4 Å². The number of hydrogen-bond donors (Lipinski definition) is 2. The van der Waals surface area contributed by atoms with Gasteiger partial charge in [0, 0.05) is 11.4 Å². The lowest BCUT2D eigenvalue weighted by molar-refractivity contribution is -0.132. The van der Waals surface area contributed by atoms with Gasteiger partial charge in [0.25, 0.3) is 0 Å².